The van der Waals surface area contributed by atoms with E-state index in [1.54, 1.807) is 42.9 Å². The number of oxime groups is 1. The third-order valence-electron chi connectivity index (χ3n) is 5.46. The van der Waals surface area contributed by atoms with Gasteiger partial charge in [-0.25, -0.2) is 9.36 Å². The number of carbonyl (C=O) groups is 3. The molecule has 13 nitrogen and oxygen atoms in total. The van der Waals surface area contributed by atoms with Gasteiger partial charge >= 0.3 is 5.97 Å². The lowest BCUT2D eigenvalue weighted by Gasteiger charge is -2.49. The fourth-order valence-corrected chi connectivity index (χ4v) is 5.50. The number of aliphatic hydroxyl groups excluding tert-OH is 1. The largest absolute Gasteiger partial charge is 0.477 e. The molecule has 190 valence electrons. The number of amides is 2. The van der Waals surface area contributed by atoms with Crippen LogP contribution < -0.4 is 15.6 Å². The first-order chi connectivity index (χ1) is 17.2. The van der Waals surface area contributed by atoms with Crippen LogP contribution in [0.25, 0.3) is 0 Å². The molecule has 36 heavy (non-hydrogen) atoms. The van der Waals surface area contributed by atoms with Crippen LogP contribution in [0.2, 0.25) is 0 Å². The van der Waals surface area contributed by atoms with Gasteiger partial charge in [-0.3, -0.25) is 14.5 Å². The van der Waals surface area contributed by atoms with Gasteiger partial charge in [0, 0.05) is 35.0 Å². The van der Waals surface area contributed by atoms with E-state index < -0.39 is 35.3 Å². The van der Waals surface area contributed by atoms with E-state index >= 15 is 0 Å². The first-order valence-electron chi connectivity index (χ1n) is 10.9. The fraction of sp³-hybridized carbons (Fsp3) is 0.381. The number of carbonyl (C=O) groups excluding carboxylic acids is 2. The van der Waals surface area contributed by atoms with Crippen molar-refractivity contribution in [3.05, 3.63) is 47.2 Å². The van der Waals surface area contributed by atoms with Crippen molar-refractivity contribution in [1.82, 2.24) is 19.6 Å². The molecular formula is C21H24N7O6S2+. The zero-order valence-corrected chi connectivity index (χ0v) is 21.0. The van der Waals surface area contributed by atoms with Crippen LogP contribution in [0.15, 0.2) is 41.0 Å². The summed E-state index contributed by atoms with van der Waals surface area (Å²) in [5.41, 5.74) is 6.56. The van der Waals surface area contributed by atoms with Crippen LogP contribution in [-0.2, 0) is 25.8 Å². The van der Waals surface area contributed by atoms with Crippen molar-refractivity contribution in [2.24, 2.45) is 5.16 Å². The Labute approximate surface area is 213 Å². The third kappa shape index (κ3) is 5.03. The SMILES string of the molecule is CCON=C(C(=O)NC1C(=O)N2C(C(=O)O)=C(C[n+]3ccc(C(C)O)cc3)CS[C@H]12)c1nsc(N)n1. The summed E-state index contributed by atoms with van der Waals surface area (Å²) < 4.78 is 5.75. The molecule has 0 spiro atoms. The number of nitrogens with one attached hydrogen (secondary N) is 1. The molecule has 0 aliphatic carbocycles. The molecule has 2 amide bonds. The summed E-state index contributed by atoms with van der Waals surface area (Å²) in [6.45, 7) is 3.79. The Balaban J connectivity index is 1.52. The number of aromatic nitrogens is 3. The topological polar surface area (TPSA) is 184 Å². The number of rotatable bonds is 9. The second kappa shape index (κ2) is 10.6. The smallest absolute Gasteiger partial charge is 0.352 e. The highest BCUT2D eigenvalue weighted by atomic mass is 32.2. The van der Waals surface area contributed by atoms with Crippen molar-refractivity contribution in [1.29, 1.82) is 0 Å². The Morgan fingerprint density at radius 3 is 2.72 bits per heavy atom. The molecule has 2 aromatic rings. The number of nitrogens with two attached hydrogens (primary N) is 1. The van der Waals surface area contributed by atoms with E-state index in [0.29, 0.717) is 11.3 Å². The van der Waals surface area contributed by atoms with Crippen molar-refractivity contribution in [2.45, 2.75) is 37.9 Å². The van der Waals surface area contributed by atoms with Gasteiger partial charge in [-0.15, -0.1) is 11.8 Å². The van der Waals surface area contributed by atoms with Crippen LogP contribution in [0.1, 0.15) is 31.3 Å². The number of thioether (sulfide) groups is 1. The minimum absolute atomic E-state index is 0.0320. The Kier molecular flexibility index (Phi) is 7.51. The van der Waals surface area contributed by atoms with E-state index in [1.807, 2.05) is 0 Å². The van der Waals surface area contributed by atoms with Crippen molar-refractivity contribution in [2.75, 3.05) is 18.1 Å². The second-order valence-corrected chi connectivity index (χ2v) is 9.80. The van der Waals surface area contributed by atoms with Gasteiger partial charge in [0.05, 0.1) is 6.10 Å². The number of fused-ring (bicyclic) bond motifs is 1. The number of β-lactam (4-membered cyclic amide) rings is 1. The number of hydrogen-bond donors (Lipinski definition) is 4. The summed E-state index contributed by atoms with van der Waals surface area (Å²) in [6, 6.07) is 2.53. The van der Waals surface area contributed by atoms with Crippen molar-refractivity contribution < 1.29 is 34.0 Å². The zero-order chi connectivity index (χ0) is 26.0. The molecule has 0 saturated carbocycles. The minimum Gasteiger partial charge on any atom is -0.477 e. The van der Waals surface area contributed by atoms with Crippen molar-refractivity contribution >= 4 is 51.9 Å². The van der Waals surface area contributed by atoms with E-state index in [1.165, 1.54) is 16.7 Å². The van der Waals surface area contributed by atoms with Gasteiger partial charge in [0.1, 0.15) is 23.7 Å². The number of aliphatic carboxylic acids is 1. The molecule has 1 fully saturated rings. The molecule has 1 saturated heterocycles. The number of pyridine rings is 1. The molecule has 3 atom stereocenters. The predicted molar refractivity (Wildman–Crippen MR) is 129 cm³/mol. The Bertz CT molecular complexity index is 1240. The minimum atomic E-state index is -1.23. The summed E-state index contributed by atoms with van der Waals surface area (Å²) in [5.74, 6) is -2.20. The molecule has 2 aliphatic heterocycles. The first kappa shape index (κ1) is 25.5. The molecule has 0 aromatic carbocycles. The zero-order valence-electron chi connectivity index (χ0n) is 19.3. The van der Waals surface area contributed by atoms with Gasteiger partial charge in [0.25, 0.3) is 11.8 Å². The van der Waals surface area contributed by atoms with Crippen LogP contribution in [0.3, 0.4) is 0 Å². The molecule has 2 unspecified atom stereocenters. The van der Waals surface area contributed by atoms with Crippen LogP contribution in [0.5, 0.6) is 0 Å². The molecule has 5 N–H and O–H groups in total. The van der Waals surface area contributed by atoms with Gasteiger partial charge in [0.2, 0.25) is 11.5 Å². The third-order valence-corrected chi connectivity index (χ3v) is 7.34. The molecule has 0 bridgehead atoms. The van der Waals surface area contributed by atoms with Crippen LogP contribution in [-0.4, -0.2) is 71.7 Å². The maximum Gasteiger partial charge on any atom is 0.352 e. The summed E-state index contributed by atoms with van der Waals surface area (Å²) >= 11 is 2.23. The molecule has 0 radical (unpaired) electrons. The number of nitrogens with zero attached hydrogens (tertiary/aromatic N) is 5. The standard InChI is InChI=1S/C21H23N7O6S2/c1-3-34-25-13(16-24-21(22)36-26-16)17(30)23-14-18(31)28-15(20(32)33)12(9-35-19(14)28)8-27-6-4-11(5-7-27)10(2)29/h4-7,10,14,19,29H,3,8-9H2,1-2H3,(H3-,22,23,24,26,30,32,33)/p+1/t10?,14?,19-/m1/s1. The summed E-state index contributed by atoms with van der Waals surface area (Å²) in [6.07, 6.45) is 2.86. The van der Waals surface area contributed by atoms with Crippen LogP contribution in [0, 0.1) is 0 Å². The van der Waals surface area contributed by atoms with Gasteiger partial charge in [-0.05, 0) is 19.4 Å². The lowest BCUT2D eigenvalue weighted by atomic mass is 10.0. The van der Waals surface area contributed by atoms with Crippen molar-refractivity contribution in [3.8, 4) is 0 Å². The van der Waals surface area contributed by atoms with Gasteiger partial charge in [-0.1, -0.05) is 5.16 Å². The number of aliphatic hydroxyl groups is 1. The van der Waals surface area contributed by atoms with Gasteiger partial charge < -0.3 is 26.1 Å². The highest BCUT2D eigenvalue weighted by molar-refractivity contribution is 8.00. The number of carboxylic acids is 1. The fourth-order valence-electron chi connectivity index (χ4n) is 3.73. The number of carboxylic acid groups (broad SMARTS) is 1. The summed E-state index contributed by atoms with van der Waals surface area (Å²) in [5, 5.41) is 25.5. The maximum atomic E-state index is 13.0. The van der Waals surface area contributed by atoms with Crippen LogP contribution >= 0.6 is 23.3 Å². The van der Waals surface area contributed by atoms with Gasteiger partial charge in [0.15, 0.2) is 24.1 Å². The average Bonchev–Trinajstić information content (AvgIpc) is 3.28. The van der Waals surface area contributed by atoms with Gasteiger partial charge in [-0.2, -0.15) is 9.36 Å². The highest BCUT2D eigenvalue weighted by Crippen LogP contribution is 2.40. The van der Waals surface area contributed by atoms with E-state index in [4.69, 9.17) is 10.6 Å². The Morgan fingerprint density at radius 1 is 1.42 bits per heavy atom. The second-order valence-electron chi connectivity index (χ2n) is 7.91. The quantitative estimate of drug-likeness (QED) is 0.143. The Hall–Kier alpha value is -3.56. The molecule has 4 rings (SSSR count). The molecule has 2 aliphatic rings. The van der Waals surface area contributed by atoms with E-state index in [2.05, 4.69) is 19.8 Å². The lowest BCUT2D eigenvalue weighted by Crippen LogP contribution is -2.71. The number of anilines is 1. The summed E-state index contributed by atoms with van der Waals surface area (Å²) in [7, 11) is 0. The number of hydrogen-bond acceptors (Lipinski definition) is 11. The van der Waals surface area contributed by atoms with E-state index in [9.17, 15) is 24.6 Å². The first-order valence-corrected chi connectivity index (χ1v) is 12.7. The molecule has 2 aromatic heterocycles. The molecule has 4 heterocycles. The highest BCUT2D eigenvalue weighted by Gasteiger charge is 2.54. The average molecular weight is 535 g/mol. The van der Waals surface area contributed by atoms with E-state index in [0.717, 1.165) is 17.1 Å². The molecule has 15 heteroatoms. The monoisotopic (exact) mass is 534 g/mol. The Morgan fingerprint density at radius 2 is 2.14 bits per heavy atom. The maximum absolute atomic E-state index is 13.0. The predicted octanol–water partition coefficient (Wildman–Crippen LogP) is -0.359. The van der Waals surface area contributed by atoms with Crippen LogP contribution in [0.4, 0.5) is 5.13 Å². The van der Waals surface area contributed by atoms with E-state index in [-0.39, 0.29) is 35.5 Å². The number of nitrogen functional groups attached to an aromatic ring is 1. The lowest BCUT2D eigenvalue weighted by molar-refractivity contribution is -0.689. The molecular weight excluding hydrogens is 510 g/mol. The van der Waals surface area contributed by atoms with Crippen molar-refractivity contribution in [3.63, 3.8) is 0 Å². The summed E-state index contributed by atoms with van der Waals surface area (Å²) in [4.78, 5) is 48.2. The normalized spacial score (nSPS) is 20.5.